The van der Waals surface area contributed by atoms with Crippen LogP contribution in [0.15, 0.2) is 48.8 Å². The molecular formula is C24H19N3O6. The van der Waals surface area contributed by atoms with E-state index in [0.29, 0.717) is 33.5 Å². The highest BCUT2D eigenvalue weighted by atomic mass is 16.7. The molecule has 9 heteroatoms. The second kappa shape index (κ2) is 7.22. The molecule has 0 bridgehead atoms. The van der Waals surface area contributed by atoms with Gasteiger partial charge in [0.2, 0.25) is 6.79 Å². The first kappa shape index (κ1) is 19.6. The molecule has 33 heavy (non-hydrogen) atoms. The van der Waals surface area contributed by atoms with Crippen LogP contribution in [-0.4, -0.2) is 51.1 Å². The highest BCUT2D eigenvalue weighted by Crippen LogP contribution is 2.44. The van der Waals surface area contributed by atoms with Gasteiger partial charge < -0.3 is 29.2 Å². The summed E-state index contributed by atoms with van der Waals surface area (Å²) < 4.78 is 12.9. The number of H-pyrrole nitrogens is 1. The summed E-state index contributed by atoms with van der Waals surface area (Å²) in [4.78, 5) is 29.1. The maximum atomic E-state index is 13.0. The Morgan fingerprint density at radius 3 is 2.61 bits per heavy atom. The Bertz CT molecular complexity index is 1490. The zero-order valence-electron chi connectivity index (χ0n) is 17.3. The largest absolute Gasteiger partial charge is 0.454 e. The van der Waals surface area contributed by atoms with Crippen molar-refractivity contribution in [1.29, 1.82) is 0 Å². The Balaban J connectivity index is 1.65. The summed E-state index contributed by atoms with van der Waals surface area (Å²) in [5, 5.41) is 23.4. The number of rotatable bonds is 5. The topological polar surface area (TPSA) is 126 Å². The molecule has 4 heterocycles. The van der Waals surface area contributed by atoms with Crippen molar-refractivity contribution >= 4 is 44.8 Å². The molecule has 0 spiro atoms. The van der Waals surface area contributed by atoms with Gasteiger partial charge in [0.1, 0.15) is 0 Å². The number of benzene rings is 2. The summed E-state index contributed by atoms with van der Waals surface area (Å²) in [6.45, 7) is -0.304. The summed E-state index contributed by atoms with van der Waals surface area (Å²) in [6.07, 6.45) is 2.41. The maximum absolute atomic E-state index is 13.0. The van der Waals surface area contributed by atoms with Gasteiger partial charge in [-0.2, -0.15) is 0 Å². The number of fused-ring (bicyclic) bond motifs is 4. The second-order valence-electron chi connectivity index (χ2n) is 8.01. The molecule has 9 nitrogen and oxygen atoms in total. The van der Waals surface area contributed by atoms with Crippen LogP contribution in [0, 0.1) is 0 Å². The SMILES string of the molecule is O=C1NC(=O)C(c2cn(CC(O)CO)c3c4c(ccc23)OCO4)=C1c1c[nH]c2ccccc12. The van der Waals surface area contributed by atoms with E-state index in [2.05, 4.69) is 10.3 Å². The number of nitrogens with zero attached hydrogens (tertiary/aromatic N) is 1. The van der Waals surface area contributed by atoms with E-state index in [4.69, 9.17) is 9.47 Å². The number of aromatic nitrogens is 2. The van der Waals surface area contributed by atoms with Crippen LogP contribution in [0.1, 0.15) is 11.1 Å². The average Bonchev–Trinajstić information content (AvgIpc) is 3.57. The van der Waals surface area contributed by atoms with Crippen molar-refractivity contribution in [3.05, 3.63) is 59.9 Å². The number of carbonyl (C=O) groups is 2. The van der Waals surface area contributed by atoms with E-state index in [9.17, 15) is 19.8 Å². The number of aliphatic hydroxyl groups excluding tert-OH is 2. The lowest BCUT2D eigenvalue weighted by Gasteiger charge is -2.10. The molecule has 2 amide bonds. The Morgan fingerprint density at radius 2 is 1.79 bits per heavy atom. The molecule has 2 aliphatic heterocycles. The van der Waals surface area contributed by atoms with Crippen LogP contribution in [0.2, 0.25) is 0 Å². The van der Waals surface area contributed by atoms with Crippen molar-refractivity contribution in [1.82, 2.24) is 14.9 Å². The van der Waals surface area contributed by atoms with E-state index < -0.39 is 24.5 Å². The first-order valence-electron chi connectivity index (χ1n) is 10.4. The average molecular weight is 445 g/mol. The third-order valence-corrected chi connectivity index (χ3v) is 6.05. The number of hydrogen-bond donors (Lipinski definition) is 4. The van der Waals surface area contributed by atoms with Crippen molar-refractivity contribution in [2.24, 2.45) is 0 Å². The number of carbonyl (C=O) groups excluding carboxylic acids is 2. The van der Waals surface area contributed by atoms with Gasteiger partial charge in [0.15, 0.2) is 11.5 Å². The van der Waals surface area contributed by atoms with Crippen LogP contribution in [0.25, 0.3) is 33.0 Å². The van der Waals surface area contributed by atoms with Crippen molar-refractivity contribution in [2.45, 2.75) is 12.6 Å². The smallest absolute Gasteiger partial charge is 0.259 e. The zero-order chi connectivity index (χ0) is 22.7. The lowest BCUT2D eigenvalue weighted by atomic mass is 9.95. The van der Waals surface area contributed by atoms with Gasteiger partial charge in [0, 0.05) is 39.8 Å². The molecule has 2 aromatic carbocycles. The minimum atomic E-state index is -1.02. The molecule has 4 aromatic rings. The van der Waals surface area contributed by atoms with Crippen LogP contribution in [0.5, 0.6) is 11.5 Å². The Morgan fingerprint density at radius 1 is 1.00 bits per heavy atom. The number of hydrogen-bond acceptors (Lipinski definition) is 6. The van der Waals surface area contributed by atoms with Gasteiger partial charge >= 0.3 is 0 Å². The van der Waals surface area contributed by atoms with Gasteiger partial charge in [0.05, 0.1) is 35.9 Å². The van der Waals surface area contributed by atoms with Crippen molar-refractivity contribution in [3.63, 3.8) is 0 Å². The first-order chi connectivity index (χ1) is 16.1. The molecule has 166 valence electrons. The first-order valence-corrected chi connectivity index (χ1v) is 10.4. The van der Waals surface area contributed by atoms with E-state index in [1.807, 2.05) is 24.3 Å². The van der Waals surface area contributed by atoms with Crippen LogP contribution < -0.4 is 14.8 Å². The second-order valence-corrected chi connectivity index (χ2v) is 8.01. The van der Waals surface area contributed by atoms with Crippen LogP contribution >= 0.6 is 0 Å². The summed E-state index contributed by atoms with van der Waals surface area (Å²) in [5.74, 6) is 0.0593. The predicted octanol–water partition coefficient (Wildman–Crippen LogP) is 1.77. The molecule has 4 N–H and O–H groups in total. The fourth-order valence-electron chi connectivity index (χ4n) is 4.63. The number of para-hydroxylation sites is 1. The fraction of sp³-hybridized carbons (Fsp3) is 0.167. The molecule has 1 atom stereocenters. The molecule has 0 fully saturated rings. The summed E-state index contributed by atoms with van der Waals surface area (Å²) in [6, 6.07) is 11.1. The van der Waals surface area contributed by atoms with Crippen LogP contribution in [0.3, 0.4) is 0 Å². The number of aromatic amines is 1. The number of ether oxygens (including phenoxy) is 2. The molecule has 1 unspecified atom stereocenters. The van der Waals surface area contributed by atoms with Crippen molar-refractivity contribution in [2.75, 3.05) is 13.4 Å². The van der Waals surface area contributed by atoms with E-state index in [-0.39, 0.29) is 24.5 Å². The van der Waals surface area contributed by atoms with E-state index in [1.54, 1.807) is 29.1 Å². The minimum Gasteiger partial charge on any atom is -0.454 e. The fourth-order valence-corrected chi connectivity index (χ4v) is 4.63. The number of imide groups is 1. The Labute approximate surface area is 186 Å². The summed E-state index contributed by atoms with van der Waals surface area (Å²) in [7, 11) is 0. The number of aliphatic hydroxyl groups is 2. The van der Waals surface area contributed by atoms with E-state index in [1.165, 1.54) is 0 Å². The molecule has 0 aliphatic carbocycles. The van der Waals surface area contributed by atoms with Gasteiger partial charge in [-0.1, -0.05) is 18.2 Å². The lowest BCUT2D eigenvalue weighted by Crippen LogP contribution is -2.22. The van der Waals surface area contributed by atoms with Gasteiger partial charge in [-0.05, 0) is 18.2 Å². The van der Waals surface area contributed by atoms with E-state index in [0.717, 1.165) is 10.9 Å². The van der Waals surface area contributed by atoms with Gasteiger partial charge in [-0.3, -0.25) is 14.9 Å². The number of nitrogens with one attached hydrogen (secondary N) is 2. The maximum Gasteiger partial charge on any atom is 0.259 e. The molecule has 2 aromatic heterocycles. The highest BCUT2D eigenvalue weighted by molar-refractivity contribution is 6.50. The number of amides is 2. The van der Waals surface area contributed by atoms with E-state index >= 15 is 0 Å². The summed E-state index contributed by atoms with van der Waals surface area (Å²) >= 11 is 0. The molecule has 0 saturated heterocycles. The van der Waals surface area contributed by atoms with Crippen LogP contribution in [-0.2, 0) is 16.1 Å². The standard InChI is InChI=1S/C24H19N3O6/c28-10-12(29)8-27-9-16(14-5-6-18-22(21(14)27)33-11-32-18)20-19(23(30)26-24(20)31)15-7-25-17-4-2-1-3-13(15)17/h1-7,9,12,25,28-29H,8,10-11H2,(H,26,30,31). The molecule has 0 radical (unpaired) electrons. The van der Waals surface area contributed by atoms with Gasteiger partial charge in [-0.25, -0.2) is 0 Å². The van der Waals surface area contributed by atoms with Gasteiger partial charge in [0.25, 0.3) is 11.8 Å². The molecule has 0 saturated carbocycles. The third kappa shape index (κ3) is 2.86. The molecule has 6 rings (SSSR count). The monoisotopic (exact) mass is 445 g/mol. The summed E-state index contributed by atoms with van der Waals surface area (Å²) in [5.41, 5.74) is 3.13. The van der Waals surface area contributed by atoms with Crippen molar-refractivity contribution < 1.29 is 29.3 Å². The quantitative estimate of drug-likeness (QED) is 0.347. The lowest BCUT2D eigenvalue weighted by molar-refractivity contribution is -0.122. The third-order valence-electron chi connectivity index (χ3n) is 6.05. The van der Waals surface area contributed by atoms with Crippen LogP contribution in [0.4, 0.5) is 0 Å². The predicted molar refractivity (Wildman–Crippen MR) is 119 cm³/mol. The molecule has 2 aliphatic rings. The van der Waals surface area contributed by atoms with Crippen molar-refractivity contribution in [3.8, 4) is 11.5 Å². The molecular weight excluding hydrogens is 426 g/mol. The Kier molecular flexibility index (Phi) is 4.29. The minimum absolute atomic E-state index is 0.0553. The zero-order valence-corrected chi connectivity index (χ0v) is 17.3. The Hall–Kier alpha value is -4.08. The normalized spacial score (nSPS) is 16.3. The highest BCUT2D eigenvalue weighted by Gasteiger charge is 2.36. The van der Waals surface area contributed by atoms with Gasteiger partial charge in [-0.15, -0.1) is 0 Å².